The Labute approximate surface area is 164 Å². The number of nitrogens with one attached hydrogen (secondary N) is 1. The molecule has 8 heteroatoms. The third-order valence-corrected chi connectivity index (χ3v) is 5.09. The molecule has 0 unspecified atom stereocenters. The number of hydrogen-bond acceptors (Lipinski definition) is 5. The highest BCUT2D eigenvalue weighted by Crippen LogP contribution is 2.24. The van der Waals surface area contributed by atoms with Crippen LogP contribution in [0.4, 0.5) is 0 Å². The van der Waals surface area contributed by atoms with Crippen molar-refractivity contribution in [2.24, 2.45) is 0 Å². The topological polar surface area (TPSA) is 65.2 Å². The fourth-order valence-electron chi connectivity index (χ4n) is 2.93. The summed E-state index contributed by atoms with van der Waals surface area (Å²) in [6.45, 7) is 1.83. The molecule has 26 heavy (non-hydrogen) atoms. The van der Waals surface area contributed by atoms with Crippen molar-refractivity contribution in [2.75, 3.05) is 6.61 Å². The molecule has 0 radical (unpaired) electrons. The number of aromatic nitrogens is 3. The number of furan rings is 1. The molecule has 6 nitrogen and oxygen atoms in total. The first kappa shape index (κ1) is 17.5. The van der Waals surface area contributed by atoms with Gasteiger partial charge in [0.25, 0.3) is 0 Å². The van der Waals surface area contributed by atoms with Crippen LogP contribution in [0.15, 0.2) is 45.3 Å². The minimum absolute atomic E-state index is 0.174. The molecule has 0 spiro atoms. The SMILES string of the molecule is S=c1[nH]nc(-c2ccc(COc3ccc(Br)cc3)o2)n1C[C@@H]1CCCO1. The highest BCUT2D eigenvalue weighted by atomic mass is 79.9. The summed E-state index contributed by atoms with van der Waals surface area (Å²) in [7, 11) is 0. The first-order valence-corrected chi connectivity index (χ1v) is 9.63. The van der Waals surface area contributed by atoms with Crippen molar-refractivity contribution in [1.29, 1.82) is 0 Å². The van der Waals surface area contributed by atoms with E-state index in [1.165, 1.54) is 0 Å². The normalized spacial score (nSPS) is 16.9. The van der Waals surface area contributed by atoms with Crippen LogP contribution >= 0.6 is 28.1 Å². The quantitative estimate of drug-likeness (QED) is 0.567. The standard InChI is InChI=1S/C18H18BrN3O3S/c19-12-3-5-13(6-4-12)24-11-15-7-8-16(25-15)17-20-21-18(26)22(17)10-14-2-1-9-23-14/h3-8,14H,1-2,9-11H2,(H,21,26)/t14-/m0/s1. The van der Waals surface area contributed by atoms with E-state index in [4.69, 9.17) is 26.1 Å². The number of rotatable bonds is 6. The molecule has 3 heterocycles. The van der Waals surface area contributed by atoms with Crippen LogP contribution in [-0.4, -0.2) is 27.5 Å². The molecule has 1 aliphatic heterocycles. The van der Waals surface area contributed by atoms with E-state index in [-0.39, 0.29) is 6.10 Å². The van der Waals surface area contributed by atoms with Crippen LogP contribution in [0.3, 0.4) is 0 Å². The van der Waals surface area contributed by atoms with Crippen molar-refractivity contribution in [1.82, 2.24) is 14.8 Å². The molecule has 0 amide bonds. The van der Waals surface area contributed by atoms with Crippen LogP contribution in [0.2, 0.25) is 0 Å². The van der Waals surface area contributed by atoms with E-state index in [0.29, 0.717) is 29.5 Å². The molecule has 1 aliphatic rings. The monoisotopic (exact) mass is 435 g/mol. The van der Waals surface area contributed by atoms with Gasteiger partial charge in [0.15, 0.2) is 16.4 Å². The van der Waals surface area contributed by atoms with Gasteiger partial charge in [0.1, 0.15) is 18.1 Å². The van der Waals surface area contributed by atoms with Crippen LogP contribution in [0.25, 0.3) is 11.6 Å². The third-order valence-electron chi connectivity index (χ3n) is 4.25. The first-order chi connectivity index (χ1) is 12.7. The Balaban J connectivity index is 1.47. The molecule has 3 aromatic rings. The Bertz CT molecular complexity index is 926. The molecule has 1 aromatic carbocycles. The van der Waals surface area contributed by atoms with Gasteiger partial charge in [0.2, 0.25) is 0 Å². The Hall–Kier alpha value is -1.90. The van der Waals surface area contributed by atoms with Crippen molar-refractivity contribution in [3.8, 4) is 17.3 Å². The van der Waals surface area contributed by atoms with Gasteiger partial charge in [-0.25, -0.2) is 0 Å². The van der Waals surface area contributed by atoms with Gasteiger partial charge in [-0.2, -0.15) is 5.10 Å². The predicted molar refractivity (Wildman–Crippen MR) is 103 cm³/mol. The molecule has 136 valence electrons. The second-order valence-corrected chi connectivity index (χ2v) is 7.41. The molecule has 0 aliphatic carbocycles. The highest BCUT2D eigenvalue weighted by molar-refractivity contribution is 9.10. The predicted octanol–water partition coefficient (Wildman–Crippen LogP) is 4.72. The lowest BCUT2D eigenvalue weighted by Crippen LogP contribution is -2.15. The van der Waals surface area contributed by atoms with Crippen LogP contribution in [0.5, 0.6) is 5.75 Å². The van der Waals surface area contributed by atoms with Gasteiger partial charge in [-0.3, -0.25) is 9.67 Å². The zero-order chi connectivity index (χ0) is 17.9. The molecule has 0 saturated carbocycles. The lowest BCUT2D eigenvalue weighted by molar-refractivity contribution is 0.0969. The summed E-state index contributed by atoms with van der Waals surface area (Å²) in [6.07, 6.45) is 2.30. The third kappa shape index (κ3) is 3.92. The van der Waals surface area contributed by atoms with Crippen molar-refractivity contribution in [3.05, 3.63) is 51.4 Å². The van der Waals surface area contributed by atoms with Gasteiger partial charge >= 0.3 is 0 Å². The Morgan fingerprint density at radius 2 is 2.12 bits per heavy atom. The minimum atomic E-state index is 0.174. The molecule has 2 aromatic heterocycles. The van der Waals surface area contributed by atoms with E-state index in [1.807, 2.05) is 41.0 Å². The summed E-state index contributed by atoms with van der Waals surface area (Å²) in [5, 5.41) is 7.17. The summed E-state index contributed by atoms with van der Waals surface area (Å²) < 4.78 is 20.9. The highest BCUT2D eigenvalue weighted by Gasteiger charge is 2.20. The van der Waals surface area contributed by atoms with Gasteiger partial charge < -0.3 is 13.9 Å². The van der Waals surface area contributed by atoms with Crippen molar-refractivity contribution >= 4 is 28.1 Å². The van der Waals surface area contributed by atoms with Gasteiger partial charge in [0, 0.05) is 11.1 Å². The van der Waals surface area contributed by atoms with Crippen LogP contribution in [-0.2, 0) is 17.9 Å². The summed E-state index contributed by atoms with van der Waals surface area (Å²) in [5.41, 5.74) is 0. The molecular weight excluding hydrogens is 418 g/mol. The number of nitrogens with zero attached hydrogens (tertiary/aromatic N) is 2. The number of hydrogen-bond donors (Lipinski definition) is 1. The average Bonchev–Trinajstić information content (AvgIpc) is 3.38. The van der Waals surface area contributed by atoms with Gasteiger partial charge in [-0.05, 0) is 61.5 Å². The molecule has 4 rings (SSSR count). The average molecular weight is 436 g/mol. The van der Waals surface area contributed by atoms with Gasteiger partial charge in [0.05, 0.1) is 12.6 Å². The van der Waals surface area contributed by atoms with Gasteiger partial charge in [-0.1, -0.05) is 15.9 Å². The fourth-order valence-corrected chi connectivity index (χ4v) is 3.40. The molecular formula is C18H18BrN3O3S. The zero-order valence-corrected chi connectivity index (χ0v) is 16.4. The lowest BCUT2D eigenvalue weighted by atomic mass is 10.2. The van der Waals surface area contributed by atoms with E-state index < -0.39 is 0 Å². The van der Waals surface area contributed by atoms with Crippen LogP contribution < -0.4 is 4.74 Å². The van der Waals surface area contributed by atoms with Gasteiger partial charge in [-0.15, -0.1) is 0 Å². The van der Waals surface area contributed by atoms with E-state index in [1.54, 1.807) is 0 Å². The maximum Gasteiger partial charge on any atom is 0.198 e. The summed E-state index contributed by atoms with van der Waals surface area (Å²) >= 11 is 8.77. The van der Waals surface area contributed by atoms with E-state index in [9.17, 15) is 0 Å². The number of H-pyrrole nitrogens is 1. The smallest absolute Gasteiger partial charge is 0.198 e. The Kier molecular flexibility index (Phi) is 5.23. The van der Waals surface area contributed by atoms with E-state index in [2.05, 4.69) is 26.1 Å². The maximum atomic E-state index is 5.91. The minimum Gasteiger partial charge on any atom is -0.486 e. The number of ether oxygens (including phenoxy) is 2. The van der Waals surface area contributed by atoms with Crippen molar-refractivity contribution < 1.29 is 13.9 Å². The summed E-state index contributed by atoms with van der Waals surface area (Å²) in [5.74, 6) is 2.85. The molecule has 1 N–H and O–H groups in total. The van der Waals surface area contributed by atoms with Crippen molar-refractivity contribution in [2.45, 2.75) is 32.1 Å². The summed E-state index contributed by atoms with van der Waals surface area (Å²) in [4.78, 5) is 0. The summed E-state index contributed by atoms with van der Waals surface area (Å²) in [6, 6.07) is 11.5. The number of halogens is 1. The first-order valence-electron chi connectivity index (χ1n) is 8.43. The van der Waals surface area contributed by atoms with E-state index >= 15 is 0 Å². The van der Waals surface area contributed by atoms with Crippen molar-refractivity contribution in [3.63, 3.8) is 0 Å². The Morgan fingerprint density at radius 3 is 2.88 bits per heavy atom. The second kappa shape index (κ2) is 7.77. The molecule has 1 atom stereocenters. The lowest BCUT2D eigenvalue weighted by Gasteiger charge is -2.11. The van der Waals surface area contributed by atoms with Crippen LogP contribution in [0.1, 0.15) is 18.6 Å². The Morgan fingerprint density at radius 1 is 1.27 bits per heavy atom. The molecule has 1 fully saturated rings. The number of aromatic amines is 1. The maximum absolute atomic E-state index is 5.91. The second-order valence-electron chi connectivity index (χ2n) is 6.11. The van der Waals surface area contributed by atoms with E-state index in [0.717, 1.165) is 35.4 Å². The molecule has 1 saturated heterocycles. The number of benzene rings is 1. The largest absolute Gasteiger partial charge is 0.486 e. The van der Waals surface area contributed by atoms with Crippen LogP contribution in [0, 0.1) is 4.77 Å². The fraction of sp³-hybridized carbons (Fsp3) is 0.333. The zero-order valence-electron chi connectivity index (χ0n) is 14.0. The molecule has 0 bridgehead atoms.